The minimum absolute atomic E-state index is 0.0740. The first-order valence-corrected chi connectivity index (χ1v) is 8.01. The number of hydrogen-bond donors (Lipinski definition) is 0. The maximum Gasteiger partial charge on any atom is 0.173 e. The van der Waals surface area contributed by atoms with Crippen molar-refractivity contribution in [3.63, 3.8) is 0 Å². The van der Waals surface area contributed by atoms with Crippen LogP contribution in [0.2, 0.25) is 5.02 Å². The van der Waals surface area contributed by atoms with Gasteiger partial charge >= 0.3 is 0 Å². The van der Waals surface area contributed by atoms with E-state index in [1.807, 2.05) is 24.3 Å². The van der Waals surface area contributed by atoms with Gasteiger partial charge in [-0.15, -0.1) is 0 Å². The largest absolute Gasteiger partial charge is 0.293 e. The lowest BCUT2D eigenvalue weighted by atomic mass is 9.79. The number of carbonyl (C=O) groups excluding carboxylic acids is 1. The average molecular weight is 368 g/mol. The van der Waals surface area contributed by atoms with Crippen molar-refractivity contribution in [1.82, 2.24) is 0 Å². The van der Waals surface area contributed by atoms with Gasteiger partial charge in [-0.3, -0.25) is 4.79 Å². The molecule has 0 saturated heterocycles. The van der Waals surface area contributed by atoms with Crippen molar-refractivity contribution >= 4 is 33.3 Å². The Kier molecular flexibility index (Phi) is 4.14. The predicted octanol–water partition coefficient (Wildman–Crippen LogP) is 5.54. The first-order valence-electron chi connectivity index (χ1n) is 6.84. The van der Waals surface area contributed by atoms with Crippen LogP contribution in [-0.4, -0.2) is 5.78 Å². The third kappa shape index (κ3) is 2.77. The molecule has 1 atom stereocenters. The molecule has 0 spiro atoms. The highest BCUT2D eigenvalue weighted by molar-refractivity contribution is 9.10. The standard InChI is InChI=1S/C17H13BrClFO/c18-14-9-16(20)13(8-15(14)19)17(21)12-7-3-5-10-4-1-2-6-11(10)12/h1-2,4,6,8-9,12H,3,5,7H2. The van der Waals surface area contributed by atoms with E-state index in [-0.39, 0.29) is 17.3 Å². The average Bonchev–Trinajstić information content (AvgIpc) is 2.49. The van der Waals surface area contributed by atoms with Crippen LogP contribution in [0.1, 0.15) is 40.2 Å². The zero-order chi connectivity index (χ0) is 15.0. The van der Waals surface area contributed by atoms with Crippen LogP contribution >= 0.6 is 27.5 Å². The zero-order valence-corrected chi connectivity index (χ0v) is 13.5. The van der Waals surface area contributed by atoms with Crippen molar-refractivity contribution in [1.29, 1.82) is 0 Å². The number of hydrogen-bond acceptors (Lipinski definition) is 1. The van der Waals surface area contributed by atoms with Crippen LogP contribution in [-0.2, 0) is 6.42 Å². The third-order valence-electron chi connectivity index (χ3n) is 3.96. The SMILES string of the molecule is O=C(c1cc(Cl)c(Br)cc1F)C1CCCc2ccccc21. The van der Waals surface area contributed by atoms with Crippen LogP contribution in [0.3, 0.4) is 0 Å². The van der Waals surface area contributed by atoms with Crippen LogP contribution in [0.25, 0.3) is 0 Å². The van der Waals surface area contributed by atoms with Gasteiger partial charge in [-0.05, 0) is 58.5 Å². The van der Waals surface area contributed by atoms with Crippen molar-refractivity contribution < 1.29 is 9.18 Å². The Morgan fingerprint density at radius 2 is 2.05 bits per heavy atom. The summed E-state index contributed by atoms with van der Waals surface area (Å²) in [6.45, 7) is 0. The molecule has 2 aromatic rings. The van der Waals surface area contributed by atoms with E-state index in [1.165, 1.54) is 17.7 Å². The van der Waals surface area contributed by atoms with Crippen LogP contribution in [0.5, 0.6) is 0 Å². The lowest BCUT2D eigenvalue weighted by Gasteiger charge is -2.24. The van der Waals surface area contributed by atoms with Gasteiger partial charge < -0.3 is 0 Å². The second kappa shape index (κ2) is 5.90. The molecule has 0 amide bonds. The maximum atomic E-state index is 14.1. The molecule has 0 saturated carbocycles. The van der Waals surface area contributed by atoms with Crippen molar-refractivity contribution in [3.8, 4) is 0 Å². The van der Waals surface area contributed by atoms with Gasteiger partial charge in [-0.25, -0.2) is 4.39 Å². The van der Waals surface area contributed by atoms with E-state index < -0.39 is 5.82 Å². The maximum absolute atomic E-state index is 14.1. The smallest absolute Gasteiger partial charge is 0.173 e. The molecule has 1 aliphatic rings. The minimum Gasteiger partial charge on any atom is -0.293 e. The summed E-state index contributed by atoms with van der Waals surface area (Å²) in [6, 6.07) is 10.6. The first-order chi connectivity index (χ1) is 10.1. The first kappa shape index (κ1) is 14.7. The number of Topliss-reactive ketones (excluding diaryl/α,β-unsaturated/α-hetero) is 1. The van der Waals surface area contributed by atoms with E-state index in [4.69, 9.17) is 11.6 Å². The van der Waals surface area contributed by atoms with Crippen LogP contribution in [0, 0.1) is 5.82 Å². The molecule has 0 aromatic heterocycles. The second-order valence-electron chi connectivity index (χ2n) is 5.25. The van der Waals surface area contributed by atoms with E-state index in [1.54, 1.807) is 0 Å². The molecule has 21 heavy (non-hydrogen) atoms. The van der Waals surface area contributed by atoms with Crippen LogP contribution < -0.4 is 0 Å². The molecule has 0 aliphatic heterocycles. The van der Waals surface area contributed by atoms with Gasteiger partial charge in [0.1, 0.15) is 5.82 Å². The summed E-state index contributed by atoms with van der Waals surface area (Å²) in [4.78, 5) is 12.7. The molecule has 1 unspecified atom stereocenters. The van der Waals surface area contributed by atoms with Gasteiger partial charge in [0.2, 0.25) is 0 Å². The molecule has 4 heteroatoms. The molecule has 0 N–H and O–H groups in total. The number of ketones is 1. The lowest BCUT2D eigenvalue weighted by Crippen LogP contribution is -2.19. The summed E-state index contributed by atoms with van der Waals surface area (Å²) in [5.74, 6) is -0.991. The van der Waals surface area contributed by atoms with Gasteiger partial charge in [-0.1, -0.05) is 35.9 Å². The molecule has 0 bridgehead atoms. The summed E-state index contributed by atoms with van der Waals surface area (Å²) < 4.78 is 14.6. The highest BCUT2D eigenvalue weighted by Crippen LogP contribution is 2.36. The fourth-order valence-electron chi connectivity index (χ4n) is 2.93. The quantitative estimate of drug-likeness (QED) is 0.503. The fourth-order valence-corrected chi connectivity index (χ4v) is 3.40. The normalized spacial score (nSPS) is 17.4. The fraction of sp³-hybridized carbons (Fsp3) is 0.235. The third-order valence-corrected chi connectivity index (χ3v) is 5.16. The predicted molar refractivity (Wildman–Crippen MR) is 85.6 cm³/mol. The van der Waals surface area contributed by atoms with Crippen molar-refractivity contribution in [2.24, 2.45) is 0 Å². The van der Waals surface area contributed by atoms with Gasteiger partial charge in [0.15, 0.2) is 5.78 Å². The van der Waals surface area contributed by atoms with Crippen molar-refractivity contribution in [2.75, 3.05) is 0 Å². The molecule has 108 valence electrons. The monoisotopic (exact) mass is 366 g/mol. The van der Waals surface area contributed by atoms with Gasteiger partial charge in [-0.2, -0.15) is 0 Å². The Hall–Kier alpha value is -1.19. The number of benzene rings is 2. The number of carbonyl (C=O) groups is 1. The molecule has 0 fully saturated rings. The second-order valence-corrected chi connectivity index (χ2v) is 6.52. The lowest BCUT2D eigenvalue weighted by molar-refractivity contribution is 0.0947. The number of halogens is 3. The van der Waals surface area contributed by atoms with Gasteiger partial charge in [0.05, 0.1) is 10.6 Å². The Balaban J connectivity index is 2.03. The summed E-state index contributed by atoms with van der Waals surface area (Å²) in [6.07, 6.45) is 2.67. The van der Waals surface area contributed by atoms with E-state index in [0.717, 1.165) is 24.8 Å². The van der Waals surface area contributed by atoms with Crippen LogP contribution in [0.4, 0.5) is 4.39 Å². The van der Waals surface area contributed by atoms with Gasteiger partial charge in [0, 0.05) is 10.4 Å². The molecule has 2 aromatic carbocycles. The molecule has 1 nitrogen and oxygen atoms in total. The minimum atomic E-state index is -0.528. The Morgan fingerprint density at radius 3 is 2.86 bits per heavy atom. The Bertz CT molecular complexity index is 714. The topological polar surface area (TPSA) is 17.1 Å². The van der Waals surface area contributed by atoms with E-state index >= 15 is 0 Å². The number of fused-ring (bicyclic) bond motifs is 1. The molecule has 0 radical (unpaired) electrons. The molecule has 1 aliphatic carbocycles. The zero-order valence-electron chi connectivity index (χ0n) is 11.2. The van der Waals surface area contributed by atoms with Crippen LogP contribution in [0.15, 0.2) is 40.9 Å². The highest BCUT2D eigenvalue weighted by atomic mass is 79.9. The van der Waals surface area contributed by atoms with E-state index in [2.05, 4.69) is 15.9 Å². The Labute approximate surface area is 136 Å². The molecular weight excluding hydrogens is 355 g/mol. The summed E-state index contributed by atoms with van der Waals surface area (Å²) in [5.41, 5.74) is 2.28. The molecule has 3 rings (SSSR count). The molecule has 0 heterocycles. The van der Waals surface area contributed by atoms with Crippen molar-refractivity contribution in [2.45, 2.75) is 25.2 Å². The number of aryl methyl sites for hydroxylation is 1. The highest BCUT2D eigenvalue weighted by Gasteiger charge is 2.29. The Morgan fingerprint density at radius 1 is 1.29 bits per heavy atom. The summed E-state index contributed by atoms with van der Waals surface area (Å²) in [7, 11) is 0. The van der Waals surface area contributed by atoms with E-state index in [9.17, 15) is 9.18 Å². The van der Waals surface area contributed by atoms with E-state index in [0.29, 0.717) is 9.50 Å². The molecular formula is C17H13BrClFO. The number of rotatable bonds is 2. The summed E-state index contributed by atoms with van der Waals surface area (Å²) >= 11 is 9.17. The summed E-state index contributed by atoms with van der Waals surface area (Å²) in [5, 5.41) is 0.351. The van der Waals surface area contributed by atoms with Crippen molar-refractivity contribution in [3.05, 3.63) is 68.4 Å². The van der Waals surface area contributed by atoms with Gasteiger partial charge in [0.25, 0.3) is 0 Å².